The number of urea groups is 1. The second-order valence-corrected chi connectivity index (χ2v) is 6.30. The van der Waals surface area contributed by atoms with Gasteiger partial charge >= 0.3 is 12.1 Å². The van der Waals surface area contributed by atoms with Gasteiger partial charge in [0.05, 0.1) is 12.1 Å². The number of rotatable bonds is 3. The number of imide groups is 1. The van der Waals surface area contributed by atoms with Crippen molar-refractivity contribution in [2.45, 2.75) is 45.3 Å². The van der Waals surface area contributed by atoms with E-state index >= 15 is 0 Å². The van der Waals surface area contributed by atoms with Crippen molar-refractivity contribution in [3.05, 3.63) is 0 Å². The smallest absolute Gasteiger partial charge is 0.410 e. The Balaban J connectivity index is 2.46. The van der Waals surface area contributed by atoms with Crippen molar-refractivity contribution in [3.8, 4) is 0 Å². The number of ether oxygens (including phenoxy) is 2. The summed E-state index contributed by atoms with van der Waals surface area (Å²) in [7, 11) is 0. The van der Waals surface area contributed by atoms with E-state index in [4.69, 9.17) is 15.2 Å². The Labute approximate surface area is 123 Å². The summed E-state index contributed by atoms with van der Waals surface area (Å²) in [5.41, 5.74) is 3.63. The van der Waals surface area contributed by atoms with Crippen LogP contribution in [-0.2, 0) is 14.3 Å². The summed E-state index contributed by atoms with van der Waals surface area (Å²) in [5.74, 6) is -0.612. The van der Waals surface area contributed by atoms with Crippen LogP contribution in [-0.4, -0.2) is 53.8 Å². The molecule has 1 heterocycles. The lowest BCUT2D eigenvalue weighted by Gasteiger charge is -2.27. The Morgan fingerprint density at radius 2 is 1.95 bits per heavy atom. The lowest BCUT2D eigenvalue weighted by atomic mass is 10.1. The van der Waals surface area contributed by atoms with E-state index in [-0.39, 0.29) is 6.61 Å². The minimum atomic E-state index is -0.921. The highest BCUT2D eigenvalue weighted by atomic mass is 16.6. The summed E-state index contributed by atoms with van der Waals surface area (Å²) in [6.45, 7) is 7.71. The largest absolute Gasteiger partial charge is 0.444 e. The SMILES string of the molecule is CC(C)(C)OC(=O)N1CCC(C)(OCC(=O)NC(N)=O)C1. The monoisotopic (exact) mass is 301 g/mol. The van der Waals surface area contributed by atoms with Gasteiger partial charge in [-0.05, 0) is 34.1 Å². The summed E-state index contributed by atoms with van der Waals surface area (Å²) >= 11 is 0. The predicted octanol–water partition coefficient (Wildman–Crippen LogP) is 0.597. The molecule has 0 spiro atoms. The number of nitrogens with two attached hydrogens (primary N) is 1. The molecule has 1 atom stereocenters. The molecular formula is C13H23N3O5. The number of nitrogens with zero attached hydrogens (tertiary/aromatic N) is 1. The van der Waals surface area contributed by atoms with Gasteiger partial charge in [0.2, 0.25) is 0 Å². The first-order valence-electron chi connectivity index (χ1n) is 6.72. The van der Waals surface area contributed by atoms with E-state index < -0.39 is 29.2 Å². The fourth-order valence-electron chi connectivity index (χ4n) is 1.95. The summed E-state index contributed by atoms with van der Waals surface area (Å²) in [4.78, 5) is 35.3. The molecule has 8 heteroatoms. The molecule has 21 heavy (non-hydrogen) atoms. The van der Waals surface area contributed by atoms with Gasteiger partial charge in [0.15, 0.2) is 0 Å². The minimum absolute atomic E-state index is 0.290. The number of carbonyl (C=O) groups excluding carboxylic acids is 3. The number of carbonyl (C=O) groups is 3. The third-order valence-corrected chi connectivity index (χ3v) is 2.90. The third-order valence-electron chi connectivity index (χ3n) is 2.90. The fraction of sp³-hybridized carbons (Fsp3) is 0.769. The van der Waals surface area contributed by atoms with Crippen molar-refractivity contribution in [2.24, 2.45) is 5.73 Å². The zero-order chi connectivity index (χ0) is 16.3. The van der Waals surface area contributed by atoms with Crippen molar-refractivity contribution < 1.29 is 23.9 Å². The van der Waals surface area contributed by atoms with Crippen molar-refractivity contribution in [1.82, 2.24) is 10.2 Å². The van der Waals surface area contributed by atoms with Gasteiger partial charge in [0.25, 0.3) is 5.91 Å². The molecule has 0 radical (unpaired) electrons. The number of likely N-dealkylation sites (tertiary alicyclic amines) is 1. The first-order chi connectivity index (χ1) is 9.51. The van der Waals surface area contributed by atoms with E-state index in [1.165, 1.54) is 4.90 Å². The molecule has 1 saturated heterocycles. The van der Waals surface area contributed by atoms with Crippen LogP contribution in [0, 0.1) is 0 Å². The van der Waals surface area contributed by atoms with E-state index in [0.29, 0.717) is 19.5 Å². The Hall–Kier alpha value is -1.83. The maximum atomic E-state index is 11.9. The molecule has 1 fully saturated rings. The molecule has 120 valence electrons. The lowest BCUT2D eigenvalue weighted by molar-refractivity contribution is -0.130. The molecule has 8 nitrogen and oxygen atoms in total. The van der Waals surface area contributed by atoms with Crippen LogP contribution < -0.4 is 11.1 Å². The van der Waals surface area contributed by atoms with Crippen LogP contribution in [0.25, 0.3) is 0 Å². The van der Waals surface area contributed by atoms with E-state index in [1.807, 2.05) is 5.32 Å². The summed E-state index contributed by atoms with van der Waals surface area (Å²) < 4.78 is 10.8. The number of hydrogen-bond donors (Lipinski definition) is 2. The topological polar surface area (TPSA) is 111 Å². The molecule has 4 amide bonds. The molecule has 0 bridgehead atoms. The van der Waals surface area contributed by atoms with Gasteiger partial charge in [-0.15, -0.1) is 0 Å². The Kier molecular flexibility index (Phi) is 5.16. The molecule has 0 aromatic carbocycles. The Morgan fingerprint density at radius 3 is 2.48 bits per heavy atom. The molecule has 1 aliphatic heterocycles. The summed E-state index contributed by atoms with van der Waals surface area (Å²) in [6, 6.07) is -0.921. The van der Waals surface area contributed by atoms with Crippen molar-refractivity contribution in [2.75, 3.05) is 19.7 Å². The highest BCUT2D eigenvalue weighted by molar-refractivity contribution is 5.94. The van der Waals surface area contributed by atoms with Crippen molar-refractivity contribution in [3.63, 3.8) is 0 Å². The van der Waals surface area contributed by atoms with Gasteiger partial charge in [-0.2, -0.15) is 0 Å². The summed E-state index contributed by atoms with van der Waals surface area (Å²) in [5, 5.41) is 1.92. The Bertz CT molecular complexity index is 432. The number of amides is 4. The van der Waals surface area contributed by atoms with Crippen LogP contribution in [0.4, 0.5) is 9.59 Å². The zero-order valence-electron chi connectivity index (χ0n) is 12.9. The van der Waals surface area contributed by atoms with Crippen LogP contribution in [0.5, 0.6) is 0 Å². The van der Waals surface area contributed by atoms with Gasteiger partial charge in [-0.3, -0.25) is 10.1 Å². The molecule has 0 aliphatic carbocycles. The minimum Gasteiger partial charge on any atom is -0.444 e. The lowest BCUT2D eigenvalue weighted by Crippen LogP contribution is -2.42. The highest BCUT2D eigenvalue weighted by Gasteiger charge is 2.39. The highest BCUT2D eigenvalue weighted by Crippen LogP contribution is 2.26. The second kappa shape index (κ2) is 6.30. The quantitative estimate of drug-likeness (QED) is 0.793. The number of nitrogens with one attached hydrogen (secondary N) is 1. The van der Waals surface area contributed by atoms with E-state index in [1.54, 1.807) is 27.7 Å². The summed E-state index contributed by atoms with van der Waals surface area (Å²) in [6.07, 6.45) is 0.173. The molecule has 0 saturated carbocycles. The average Bonchev–Trinajstić information content (AvgIpc) is 2.67. The predicted molar refractivity (Wildman–Crippen MR) is 74.5 cm³/mol. The molecular weight excluding hydrogens is 278 g/mol. The van der Waals surface area contributed by atoms with Crippen molar-refractivity contribution in [1.29, 1.82) is 0 Å². The van der Waals surface area contributed by atoms with E-state index in [0.717, 1.165) is 0 Å². The van der Waals surface area contributed by atoms with E-state index in [9.17, 15) is 14.4 Å². The molecule has 1 unspecified atom stereocenters. The van der Waals surface area contributed by atoms with Gasteiger partial charge < -0.3 is 20.1 Å². The van der Waals surface area contributed by atoms with Crippen LogP contribution in [0.2, 0.25) is 0 Å². The second-order valence-electron chi connectivity index (χ2n) is 6.30. The molecule has 0 aromatic rings. The van der Waals surface area contributed by atoms with E-state index in [2.05, 4.69) is 0 Å². The van der Waals surface area contributed by atoms with Crippen LogP contribution in [0.1, 0.15) is 34.1 Å². The average molecular weight is 301 g/mol. The zero-order valence-corrected chi connectivity index (χ0v) is 12.9. The number of hydrogen-bond acceptors (Lipinski definition) is 5. The van der Waals surface area contributed by atoms with Gasteiger partial charge in [0, 0.05) is 6.54 Å². The maximum Gasteiger partial charge on any atom is 0.410 e. The molecule has 3 N–H and O–H groups in total. The van der Waals surface area contributed by atoms with Gasteiger partial charge in [-0.25, -0.2) is 9.59 Å². The molecule has 1 aliphatic rings. The van der Waals surface area contributed by atoms with Gasteiger partial charge in [0.1, 0.15) is 12.2 Å². The molecule has 0 aromatic heterocycles. The fourth-order valence-corrected chi connectivity index (χ4v) is 1.95. The standard InChI is InChI=1S/C13H23N3O5/c1-12(2,3)21-11(19)16-6-5-13(4,8-16)20-7-9(17)15-10(14)18/h5-8H2,1-4H3,(H3,14,15,17,18). The first-order valence-corrected chi connectivity index (χ1v) is 6.72. The van der Waals surface area contributed by atoms with Crippen LogP contribution in [0.15, 0.2) is 0 Å². The third kappa shape index (κ3) is 5.99. The Morgan fingerprint density at radius 1 is 1.33 bits per heavy atom. The first kappa shape index (κ1) is 17.2. The molecule has 1 rings (SSSR count). The van der Waals surface area contributed by atoms with Crippen LogP contribution in [0.3, 0.4) is 0 Å². The van der Waals surface area contributed by atoms with Crippen LogP contribution >= 0.6 is 0 Å². The van der Waals surface area contributed by atoms with Crippen molar-refractivity contribution >= 4 is 18.0 Å². The van der Waals surface area contributed by atoms with Gasteiger partial charge in [-0.1, -0.05) is 0 Å². The number of primary amides is 1. The maximum absolute atomic E-state index is 11.9. The normalized spacial score (nSPS) is 22.0.